The van der Waals surface area contributed by atoms with Crippen LogP contribution >= 0.6 is 7.82 Å². The topological polar surface area (TPSA) is 114 Å². The molecule has 0 radical (unpaired) electrons. The Kier molecular flexibility index (Phi) is 48.4. The van der Waals surface area contributed by atoms with E-state index in [-0.39, 0.29) is 31.3 Å². The summed E-state index contributed by atoms with van der Waals surface area (Å²) in [5.41, 5.74) is 0. The number of allylic oxidation sites excluding steroid dienone is 19. The highest BCUT2D eigenvalue weighted by atomic mass is 31.2. The van der Waals surface area contributed by atoms with Gasteiger partial charge < -0.3 is 28.5 Å². The molecule has 3 unspecified atom stereocenters. The van der Waals surface area contributed by atoms with Gasteiger partial charge in [-0.25, -0.2) is 0 Å². The highest BCUT2D eigenvalue weighted by Crippen LogP contribution is 2.38. The van der Waals surface area contributed by atoms with Crippen LogP contribution in [0.1, 0.15) is 207 Å². The minimum absolute atomic E-state index is 0.0463. The fourth-order valence-electron chi connectivity index (χ4n) is 7.32. The summed E-state index contributed by atoms with van der Waals surface area (Å²) in [6.45, 7) is 6.51. The first-order valence-electron chi connectivity index (χ1n) is 28.3. The van der Waals surface area contributed by atoms with Crippen molar-refractivity contribution in [2.75, 3.05) is 40.9 Å². The summed E-state index contributed by atoms with van der Waals surface area (Å²) in [4.78, 5) is 39.8. The summed E-state index contributed by atoms with van der Waals surface area (Å²) in [5.74, 6) is -0.676. The summed E-state index contributed by atoms with van der Waals surface area (Å²) in [7, 11) is 1.11. The lowest BCUT2D eigenvalue weighted by atomic mass is 10.0. The smallest absolute Gasteiger partial charge is 0.306 e. The number of phosphoric ester groups is 1. The van der Waals surface area contributed by atoms with Crippen LogP contribution in [0.3, 0.4) is 0 Å². The number of nitrogens with zero attached hydrogens (tertiary/aromatic N) is 1. The monoisotopic (exact) mass is 1020 g/mol. The Balaban J connectivity index is 5.54. The van der Waals surface area contributed by atoms with Crippen LogP contribution in [0.2, 0.25) is 0 Å². The Morgan fingerprint density at radius 1 is 0.500 bits per heavy atom. The maximum absolute atomic E-state index is 13.5. The molecule has 0 aliphatic heterocycles. The normalized spacial score (nSPS) is 14.7. The number of nitrogens with one attached hydrogen (secondary N) is 1. The van der Waals surface area contributed by atoms with Crippen LogP contribution in [0.4, 0.5) is 0 Å². The summed E-state index contributed by atoms with van der Waals surface area (Å²) in [5, 5.41) is 2.96. The van der Waals surface area contributed by atoms with E-state index in [2.05, 4.69) is 123 Å². The van der Waals surface area contributed by atoms with Crippen molar-refractivity contribution >= 4 is 19.7 Å². The van der Waals surface area contributed by atoms with Gasteiger partial charge >= 0.3 is 5.97 Å². The molecule has 0 aromatic rings. The number of hydrogen-bond donors (Lipinski definition) is 1. The number of amides is 1. The molecule has 410 valence electrons. The number of rotatable bonds is 49. The fourth-order valence-corrected chi connectivity index (χ4v) is 8.04. The van der Waals surface area contributed by atoms with Crippen molar-refractivity contribution in [3.05, 3.63) is 122 Å². The van der Waals surface area contributed by atoms with Crippen molar-refractivity contribution in [2.45, 2.75) is 219 Å². The highest BCUT2D eigenvalue weighted by molar-refractivity contribution is 7.45. The van der Waals surface area contributed by atoms with Gasteiger partial charge in [-0.05, 0) is 102 Å². The predicted molar refractivity (Wildman–Crippen MR) is 307 cm³/mol. The Morgan fingerprint density at radius 3 is 1.36 bits per heavy atom. The zero-order valence-electron chi connectivity index (χ0n) is 46.6. The van der Waals surface area contributed by atoms with Gasteiger partial charge in [0, 0.05) is 12.8 Å². The highest BCUT2D eigenvalue weighted by Gasteiger charge is 2.27. The molecular formula is C62H105N2O7P. The van der Waals surface area contributed by atoms with Gasteiger partial charge in [0.05, 0.1) is 33.8 Å². The van der Waals surface area contributed by atoms with Gasteiger partial charge in [0.15, 0.2) is 0 Å². The predicted octanol–water partition coefficient (Wildman–Crippen LogP) is 16.5. The SMILES string of the molecule is CC/C=C\C/C=C\C/C=C\C/C=C\C/C=C\C/C=C\CCC(=O)NC(COP(=O)([O-])OCC[N+](C)(C)C)C(/C=C\CCCCCCCCCCCCC)OC(=O)CCCCCC/C=C/C/C=C/C/C=C/CC. The Hall–Kier alpha value is -3.59. The zero-order chi connectivity index (χ0) is 52.9. The van der Waals surface area contributed by atoms with Gasteiger partial charge in [-0.3, -0.25) is 14.2 Å². The molecule has 3 atom stereocenters. The van der Waals surface area contributed by atoms with E-state index in [1.165, 1.54) is 57.8 Å². The van der Waals surface area contributed by atoms with Gasteiger partial charge in [0.1, 0.15) is 19.3 Å². The molecule has 0 rings (SSSR count). The summed E-state index contributed by atoms with van der Waals surface area (Å²) >= 11 is 0. The average Bonchev–Trinajstić information content (AvgIpc) is 3.34. The molecule has 0 aromatic carbocycles. The zero-order valence-corrected chi connectivity index (χ0v) is 47.5. The van der Waals surface area contributed by atoms with Crippen LogP contribution in [0.15, 0.2) is 122 Å². The maximum Gasteiger partial charge on any atom is 0.306 e. The summed E-state index contributed by atoms with van der Waals surface area (Å²) in [6, 6.07) is -0.945. The average molecular weight is 1020 g/mol. The number of ether oxygens (including phenoxy) is 1. The van der Waals surface area contributed by atoms with Gasteiger partial charge in [-0.15, -0.1) is 0 Å². The van der Waals surface area contributed by atoms with Crippen LogP contribution in [0.25, 0.3) is 0 Å². The lowest BCUT2D eigenvalue weighted by Crippen LogP contribution is -2.47. The molecule has 9 nitrogen and oxygen atoms in total. The maximum atomic E-state index is 13.5. The van der Waals surface area contributed by atoms with E-state index in [4.69, 9.17) is 13.8 Å². The Bertz CT molecular complexity index is 1650. The number of hydrogen-bond acceptors (Lipinski definition) is 7. The van der Waals surface area contributed by atoms with Gasteiger partial charge in [0.2, 0.25) is 5.91 Å². The molecule has 0 fully saturated rings. The Labute approximate surface area is 442 Å². The number of unbranched alkanes of at least 4 members (excludes halogenated alkanes) is 15. The second-order valence-corrected chi connectivity index (χ2v) is 21.1. The van der Waals surface area contributed by atoms with Crippen molar-refractivity contribution in [3.8, 4) is 0 Å². The molecule has 0 heterocycles. The molecule has 0 saturated heterocycles. The molecule has 0 aliphatic rings. The minimum atomic E-state index is -4.73. The number of esters is 1. The first kappa shape index (κ1) is 68.4. The van der Waals surface area contributed by atoms with E-state index < -0.39 is 26.6 Å². The summed E-state index contributed by atoms with van der Waals surface area (Å²) < 4.78 is 30.1. The molecule has 1 amide bonds. The van der Waals surface area contributed by atoms with E-state index in [9.17, 15) is 19.0 Å². The van der Waals surface area contributed by atoms with Gasteiger partial charge in [-0.2, -0.15) is 0 Å². The van der Waals surface area contributed by atoms with Crippen molar-refractivity contribution in [3.63, 3.8) is 0 Å². The third kappa shape index (κ3) is 51.3. The standard InChI is InChI=1S/C62H105N2O7P/c1-7-10-13-16-19-22-25-28-30-31-32-33-34-36-39-42-45-48-51-54-61(65)63-59(58-70-72(67,68)69-57-56-64(4,5)6)60(53-50-47-44-41-38-35-27-24-21-18-15-12-9-3)71-62(66)55-52-49-46-43-40-37-29-26-23-20-17-14-11-8-2/h10-11,13-14,19-20,22-23,28-30,32-33,36-37,39,45,48,50,53,59-60H,7-9,12,15-18,21,24-27,31,34-35,38,40-44,46-47,49,51-52,54-58H2,1-6H3,(H-,63,65,67,68)/b13-10-,14-11+,22-19-,23-20+,30-28-,33-32-,37-29+,39-36-,48-45-,53-50-. The van der Waals surface area contributed by atoms with Crippen LogP contribution in [0.5, 0.6) is 0 Å². The number of likely N-dealkylation sites (N-methyl/N-ethyl adjacent to an activating group) is 1. The number of quaternary nitrogens is 1. The summed E-state index contributed by atoms with van der Waals surface area (Å²) in [6.07, 6.45) is 70.4. The lowest BCUT2D eigenvalue weighted by molar-refractivity contribution is -0.870. The van der Waals surface area contributed by atoms with Crippen LogP contribution in [0, 0.1) is 0 Å². The van der Waals surface area contributed by atoms with Crippen molar-refractivity contribution in [2.24, 2.45) is 0 Å². The Morgan fingerprint density at radius 2 is 0.903 bits per heavy atom. The molecule has 72 heavy (non-hydrogen) atoms. The van der Waals surface area contributed by atoms with Crippen LogP contribution < -0.4 is 10.2 Å². The lowest BCUT2D eigenvalue weighted by Gasteiger charge is -2.30. The molecular weight excluding hydrogens is 916 g/mol. The minimum Gasteiger partial charge on any atom is -0.756 e. The van der Waals surface area contributed by atoms with Gasteiger partial charge in [0.25, 0.3) is 7.82 Å². The molecule has 10 heteroatoms. The largest absolute Gasteiger partial charge is 0.756 e. The third-order valence-electron chi connectivity index (χ3n) is 11.7. The molecule has 0 aromatic heterocycles. The second kappa shape index (κ2) is 50.9. The van der Waals surface area contributed by atoms with Crippen LogP contribution in [-0.2, 0) is 27.9 Å². The molecule has 0 aliphatic carbocycles. The number of phosphoric acid groups is 1. The van der Waals surface area contributed by atoms with E-state index in [1.807, 2.05) is 39.4 Å². The van der Waals surface area contributed by atoms with Gasteiger partial charge in [-0.1, -0.05) is 213 Å². The van der Waals surface area contributed by atoms with Crippen molar-refractivity contribution in [1.82, 2.24) is 5.32 Å². The van der Waals surface area contributed by atoms with E-state index in [0.717, 1.165) is 103 Å². The fraction of sp³-hybridized carbons (Fsp3) is 0.645. The molecule has 0 spiro atoms. The molecule has 1 N–H and O–H groups in total. The molecule has 0 saturated carbocycles. The quantitative estimate of drug-likeness (QED) is 0.0212. The van der Waals surface area contributed by atoms with E-state index in [1.54, 1.807) is 6.08 Å². The number of carbonyl (C=O) groups is 2. The van der Waals surface area contributed by atoms with Crippen molar-refractivity contribution < 1.29 is 37.3 Å². The van der Waals surface area contributed by atoms with E-state index >= 15 is 0 Å². The van der Waals surface area contributed by atoms with E-state index in [0.29, 0.717) is 23.9 Å². The first-order valence-corrected chi connectivity index (χ1v) is 29.8. The van der Waals surface area contributed by atoms with Crippen molar-refractivity contribution in [1.29, 1.82) is 0 Å². The van der Waals surface area contributed by atoms with Crippen LogP contribution in [-0.4, -0.2) is 69.4 Å². The second-order valence-electron chi connectivity index (χ2n) is 19.7. The number of carbonyl (C=O) groups excluding carboxylic acids is 2. The molecule has 0 bridgehead atoms. The first-order chi connectivity index (χ1) is 34.9. The third-order valence-corrected chi connectivity index (χ3v) is 12.6.